The van der Waals surface area contributed by atoms with Crippen LogP contribution in [0, 0.1) is 0 Å². The molecule has 0 aliphatic carbocycles. The first-order chi connectivity index (χ1) is 15.2. The Balaban J connectivity index is 1.45. The van der Waals surface area contributed by atoms with Crippen molar-refractivity contribution in [1.29, 1.82) is 0 Å². The maximum absolute atomic E-state index is 6.83. The molecule has 4 unspecified atom stereocenters. The van der Waals surface area contributed by atoms with E-state index < -0.39 is 0 Å². The lowest BCUT2D eigenvalue weighted by Gasteiger charge is -2.26. The van der Waals surface area contributed by atoms with Crippen LogP contribution in [0.3, 0.4) is 0 Å². The zero-order valence-corrected chi connectivity index (χ0v) is 18.1. The van der Waals surface area contributed by atoms with Crippen molar-refractivity contribution in [3.8, 4) is 0 Å². The van der Waals surface area contributed by atoms with Gasteiger partial charge in [-0.05, 0) is 34.0 Å². The van der Waals surface area contributed by atoms with Gasteiger partial charge < -0.3 is 14.2 Å². The van der Waals surface area contributed by atoms with Gasteiger partial charge in [-0.1, -0.05) is 83.9 Å². The van der Waals surface area contributed by atoms with Gasteiger partial charge in [-0.15, -0.1) is 0 Å². The minimum absolute atomic E-state index is 0.0180. The van der Waals surface area contributed by atoms with Crippen molar-refractivity contribution < 1.29 is 14.2 Å². The van der Waals surface area contributed by atoms with Crippen LogP contribution < -0.4 is 0 Å². The van der Waals surface area contributed by atoms with Crippen LogP contribution in [-0.4, -0.2) is 25.4 Å². The Bertz CT molecular complexity index is 1180. The minimum Gasteiger partial charge on any atom is -0.370 e. The first kappa shape index (κ1) is 19.5. The fourth-order valence-electron chi connectivity index (χ4n) is 4.41. The maximum Gasteiger partial charge on any atom is 0.112 e. The molecule has 0 amide bonds. The van der Waals surface area contributed by atoms with Gasteiger partial charge in [0.2, 0.25) is 0 Å². The van der Waals surface area contributed by atoms with Gasteiger partial charge in [0.1, 0.15) is 24.4 Å². The van der Waals surface area contributed by atoms with Gasteiger partial charge >= 0.3 is 0 Å². The highest BCUT2D eigenvalue weighted by Gasteiger charge is 2.43. The van der Waals surface area contributed by atoms with Gasteiger partial charge in [0.25, 0.3) is 0 Å². The van der Waals surface area contributed by atoms with E-state index in [0.717, 1.165) is 42.7 Å². The van der Waals surface area contributed by atoms with Crippen molar-refractivity contribution >= 4 is 44.7 Å². The molecule has 0 saturated carbocycles. The second-order valence-electron chi connectivity index (χ2n) is 8.09. The Kier molecular flexibility index (Phi) is 4.90. The Morgan fingerprint density at radius 1 is 0.613 bits per heavy atom. The van der Waals surface area contributed by atoms with Gasteiger partial charge in [-0.25, -0.2) is 0 Å². The number of hydrogen-bond acceptors (Lipinski definition) is 3. The molecule has 0 aromatic heterocycles. The molecule has 4 aromatic carbocycles. The van der Waals surface area contributed by atoms with Crippen LogP contribution >= 0.6 is 23.2 Å². The van der Waals surface area contributed by atoms with Crippen LogP contribution in [-0.2, 0) is 14.2 Å². The van der Waals surface area contributed by atoms with E-state index in [1.165, 1.54) is 0 Å². The largest absolute Gasteiger partial charge is 0.370 e. The van der Waals surface area contributed by atoms with Crippen LogP contribution in [0.25, 0.3) is 21.5 Å². The monoisotopic (exact) mass is 450 g/mol. The summed E-state index contributed by atoms with van der Waals surface area (Å²) in [6, 6.07) is 24.3. The lowest BCUT2D eigenvalue weighted by atomic mass is 9.96. The summed E-state index contributed by atoms with van der Waals surface area (Å²) in [6.07, 6.45) is -0.398. The van der Waals surface area contributed by atoms with Crippen molar-refractivity contribution in [3.63, 3.8) is 0 Å². The Morgan fingerprint density at radius 2 is 1.00 bits per heavy atom. The third-order valence-electron chi connectivity index (χ3n) is 6.11. The van der Waals surface area contributed by atoms with E-state index in [4.69, 9.17) is 37.4 Å². The third kappa shape index (κ3) is 3.61. The molecule has 5 heteroatoms. The molecule has 0 bridgehead atoms. The van der Waals surface area contributed by atoms with E-state index in [9.17, 15) is 0 Å². The maximum atomic E-state index is 6.83. The number of rotatable bonds is 6. The molecule has 2 heterocycles. The van der Waals surface area contributed by atoms with Gasteiger partial charge in [-0.3, -0.25) is 0 Å². The molecule has 4 atom stereocenters. The summed E-state index contributed by atoms with van der Waals surface area (Å²) in [5.74, 6) is 0. The van der Waals surface area contributed by atoms with E-state index in [0.29, 0.717) is 13.2 Å². The van der Waals surface area contributed by atoms with Crippen molar-refractivity contribution in [2.24, 2.45) is 0 Å². The molecule has 3 nitrogen and oxygen atoms in total. The number of hydrogen-bond donors (Lipinski definition) is 0. The number of benzene rings is 4. The summed E-state index contributed by atoms with van der Waals surface area (Å²) < 4.78 is 18.3. The predicted molar refractivity (Wildman–Crippen MR) is 124 cm³/mol. The van der Waals surface area contributed by atoms with Crippen LogP contribution in [0.15, 0.2) is 72.8 Å². The molecule has 6 rings (SSSR count). The zero-order chi connectivity index (χ0) is 20.9. The van der Waals surface area contributed by atoms with Crippen LogP contribution in [0.5, 0.6) is 0 Å². The third-order valence-corrected chi connectivity index (χ3v) is 6.77. The molecule has 2 fully saturated rings. The summed E-state index contributed by atoms with van der Waals surface area (Å²) in [4.78, 5) is 0. The fourth-order valence-corrected chi connectivity index (χ4v) is 4.86. The molecule has 2 aliphatic heterocycles. The SMILES string of the molecule is Clc1ccc(C(OC(c2ccc(Cl)c3ccccc23)C2CO2)C2CO2)c2ccccc12. The highest BCUT2D eigenvalue weighted by atomic mass is 35.5. The lowest BCUT2D eigenvalue weighted by molar-refractivity contribution is -0.0405. The lowest BCUT2D eigenvalue weighted by Crippen LogP contribution is -2.19. The molecule has 0 spiro atoms. The number of halogens is 2. The van der Waals surface area contributed by atoms with E-state index in [2.05, 4.69) is 24.3 Å². The summed E-state index contributed by atoms with van der Waals surface area (Å²) in [6.45, 7) is 1.36. The Hall–Kier alpha value is -2.14. The average Bonchev–Trinajstić information content (AvgIpc) is 3.70. The molecule has 0 radical (unpaired) electrons. The number of fused-ring (bicyclic) bond motifs is 2. The minimum atomic E-state index is -0.217. The number of ether oxygens (including phenoxy) is 3. The van der Waals surface area contributed by atoms with Crippen molar-refractivity contribution in [2.45, 2.75) is 24.4 Å². The molecular weight excluding hydrogens is 431 g/mol. The number of epoxide rings is 2. The smallest absolute Gasteiger partial charge is 0.112 e. The molecular formula is C26H20Cl2O3. The van der Waals surface area contributed by atoms with Gasteiger partial charge in [-0.2, -0.15) is 0 Å². The predicted octanol–water partition coefficient (Wildman–Crippen LogP) is 6.90. The second kappa shape index (κ2) is 7.77. The normalized spacial score (nSPS) is 21.9. The van der Waals surface area contributed by atoms with Crippen molar-refractivity contribution in [2.75, 3.05) is 13.2 Å². The molecule has 156 valence electrons. The van der Waals surface area contributed by atoms with Gasteiger partial charge in [0.05, 0.1) is 13.2 Å². The van der Waals surface area contributed by atoms with E-state index >= 15 is 0 Å². The zero-order valence-electron chi connectivity index (χ0n) is 16.6. The Labute approximate surface area is 190 Å². The summed E-state index contributed by atoms with van der Waals surface area (Å²) in [5.41, 5.74) is 2.18. The average molecular weight is 451 g/mol. The molecule has 0 N–H and O–H groups in total. The summed E-state index contributed by atoms with van der Waals surface area (Å²) in [7, 11) is 0. The van der Waals surface area contributed by atoms with Crippen LogP contribution in [0.2, 0.25) is 10.0 Å². The molecule has 31 heavy (non-hydrogen) atoms. The first-order valence-electron chi connectivity index (χ1n) is 10.4. The van der Waals surface area contributed by atoms with Crippen LogP contribution in [0.1, 0.15) is 23.3 Å². The van der Waals surface area contributed by atoms with E-state index in [1.807, 2.05) is 48.5 Å². The van der Waals surface area contributed by atoms with Gasteiger partial charge in [0.15, 0.2) is 0 Å². The first-order valence-corrected chi connectivity index (χ1v) is 11.2. The molecule has 2 aliphatic rings. The topological polar surface area (TPSA) is 34.3 Å². The van der Waals surface area contributed by atoms with Crippen molar-refractivity contribution in [1.82, 2.24) is 0 Å². The highest BCUT2D eigenvalue weighted by molar-refractivity contribution is 6.36. The van der Waals surface area contributed by atoms with E-state index in [-0.39, 0.29) is 24.4 Å². The van der Waals surface area contributed by atoms with Crippen molar-refractivity contribution in [3.05, 3.63) is 94.0 Å². The Morgan fingerprint density at radius 3 is 1.39 bits per heavy atom. The standard InChI is InChI=1S/C26H20Cl2O3/c27-21-11-9-19(15-5-1-3-7-17(15)21)25(23-13-29-23)31-26(24-14-30-24)20-10-12-22(28)18-8-4-2-6-16(18)20/h1-12,23-26H,13-14H2. The summed E-state index contributed by atoms with van der Waals surface area (Å²) >= 11 is 12.9. The highest BCUT2D eigenvalue weighted by Crippen LogP contribution is 2.44. The fraction of sp³-hybridized carbons (Fsp3) is 0.231. The molecule has 4 aromatic rings. The second-order valence-corrected chi connectivity index (χ2v) is 8.90. The van der Waals surface area contributed by atoms with E-state index in [1.54, 1.807) is 0 Å². The summed E-state index contributed by atoms with van der Waals surface area (Å²) in [5, 5.41) is 5.69. The van der Waals surface area contributed by atoms with Gasteiger partial charge in [0, 0.05) is 20.8 Å². The molecule has 2 saturated heterocycles. The van der Waals surface area contributed by atoms with Crippen LogP contribution in [0.4, 0.5) is 0 Å². The quantitative estimate of drug-likeness (QED) is 0.299.